The molecule has 0 saturated carbocycles. The van der Waals surface area contributed by atoms with Gasteiger partial charge in [-0.1, -0.05) is 37.3 Å². The van der Waals surface area contributed by atoms with Crippen LogP contribution in [0.25, 0.3) is 10.2 Å². The maximum absolute atomic E-state index is 12.0. The molecule has 0 saturated heterocycles. The Kier molecular flexibility index (Phi) is 5.67. The first kappa shape index (κ1) is 17.4. The number of hydrogen-bond donors (Lipinski definition) is 0. The number of para-hydroxylation sites is 2. The summed E-state index contributed by atoms with van der Waals surface area (Å²) < 4.78 is 12.0. The number of benzene rings is 2. The average Bonchev–Trinajstić information content (AvgIpc) is 3.03. The molecule has 0 fully saturated rings. The minimum Gasteiger partial charge on any atom is -0.427 e. The Morgan fingerprint density at radius 2 is 1.84 bits per heavy atom. The van der Waals surface area contributed by atoms with Gasteiger partial charge in [0.25, 0.3) is 0 Å². The zero-order chi connectivity index (χ0) is 17.6. The zero-order valence-corrected chi connectivity index (χ0v) is 15.0. The average molecular weight is 373 g/mol. The normalized spacial score (nSPS) is 11.9. The van der Waals surface area contributed by atoms with E-state index in [1.165, 1.54) is 11.3 Å². The highest BCUT2D eigenvalue weighted by Crippen LogP contribution is 2.30. The summed E-state index contributed by atoms with van der Waals surface area (Å²) in [4.78, 5) is 28.3. The molecule has 3 rings (SSSR count). The lowest BCUT2D eigenvalue weighted by atomic mass is 10.1. The first-order valence-electron chi connectivity index (χ1n) is 7.61. The third-order valence-electron chi connectivity index (χ3n) is 3.32. The van der Waals surface area contributed by atoms with Gasteiger partial charge in [-0.05, 0) is 24.3 Å². The van der Waals surface area contributed by atoms with Gasteiger partial charge >= 0.3 is 11.9 Å². The molecule has 0 aliphatic heterocycles. The highest BCUT2D eigenvalue weighted by Gasteiger charge is 2.21. The van der Waals surface area contributed by atoms with Gasteiger partial charge < -0.3 is 8.92 Å². The van der Waals surface area contributed by atoms with Crippen molar-refractivity contribution in [1.29, 1.82) is 0 Å². The zero-order valence-electron chi connectivity index (χ0n) is 13.4. The maximum Gasteiger partial charge on any atom is 0.321 e. The molecule has 1 heterocycles. The van der Waals surface area contributed by atoms with Crippen molar-refractivity contribution < 1.29 is 18.5 Å². The molecular weight excluding hydrogens is 358 g/mol. The van der Waals surface area contributed by atoms with E-state index >= 15 is 0 Å². The van der Waals surface area contributed by atoms with Crippen molar-refractivity contribution in [2.75, 3.05) is 0 Å². The van der Waals surface area contributed by atoms with E-state index in [1.54, 1.807) is 31.2 Å². The van der Waals surface area contributed by atoms with Gasteiger partial charge in [0.05, 0.1) is 22.6 Å². The second-order valence-electron chi connectivity index (χ2n) is 5.33. The summed E-state index contributed by atoms with van der Waals surface area (Å²) in [6.07, 6.45) is -0.0475. The topological polar surface area (TPSA) is 65.5 Å². The SMILES string of the molecule is CC(CC(=O)Oc1ccccc1)C(=O)OSc1nc2ccccc2s1. The van der Waals surface area contributed by atoms with E-state index in [9.17, 15) is 9.59 Å². The monoisotopic (exact) mass is 373 g/mol. The number of carbonyl (C=O) groups is 2. The molecule has 0 spiro atoms. The minimum atomic E-state index is -0.599. The predicted molar refractivity (Wildman–Crippen MR) is 97.4 cm³/mol. The first-order valence-corrected chi connectivity index (χ1v) is 9.17. The lowest BCUT2D eigenvalue weighted by molar-refractivity contribution is -0.143. The number of carbonyl (C=O) groups excluding carboxylic acids is 2. The Labute approximate surface area is 153 Å². The summed E-state index contributed by atoms with van der Waals surface area (Å²) >= 11 is 2.37. The molecule has 0 amide bonds. The van der Waals surface area contributed by atoms with E-state index in [-0.39, 0.29) is 6.42 Å². The van der Waals surface area contributed by atoms with Crippen LogP contribution in [0, 0.1) is 5.92 Å². The van der Waals surface area contributed by atoms with Gasteiger partial charge in [-0.15, -0.1) is 11.3 Å². The second-order valence-corrected chi connectivity index (χ2v) is 7.33. The largest absolute Gasteiger partial charge is 0.427 e. The Balaban J connectivity index is 1.49. The van der Waals surface area contributed by atoms with E-state index in [0.29, 0.717) is 10.1 Å². The minimum absolute atomic E-state index is 0.0475. The molecule has 0 aliphatic rings. The van der Waals surface area contributed by atoms with Gasteiger partial charge in [-0.2, -0.15) is 0 Å². The number of hydrogen-bond acceptors (Lipinski definition) is 7. The van der Waals surface area contributed by atoms with E-state index in [4.69, 9.17) is 8.92 Å². The van der Waals surface area contributed by atoms with Gasteiger partial charge in [-0.3, -0.25) is 9.59 Å². The summed E-state index contributed by atoms with van der Waals surface area (Å²) in [6, 6.07) is 16.4. The fourth-order valence-electron chi connectivity index (χ4n) is 2.04. The van der Waals surface area contributed by atoms with Crippen LogP contribution in [0.1, 0.15) is 13.3 Å². The Bertz CT molecular complexity index is 846. The first-order chi connectivity index (χ1) is 12.1. The van der Waals surface area contributed by atoms with Gasteiger partial charge in [0, 0.05) is 0 Å². The molecule has 1 unspecified atom stereocenters. The van der Waals surface area contributed by atoms with Gasteiger partial charge in [0.15, 0.2) is 4.34 Å². The van der Waals surface area contributed by atoms with E-state index in [1.807, 2.05) is 30.3 Å². The smallest absolute Gasteiger partial charge is 0.321 e. The molecule has 5 nitrogen and oxygen atoms in total. The summed E-state index contributed by atoms with van der Waals surface area (Å²) in [6.45, 7) is 1.63. The fraction of sp³-hybridized carbons (Fsp3) is 0.167. The molecule has 7 heteroatoms. The van der Waals surface area contributed by atoms with Crippen LogP contribution >= 0.6 is 23.4 Å². The number of rotatable bonds is 6. The van der Waals surface area contributed by atoms with Crippen LogP contribution < -0.4 is 4.74 Å². The van der Waals surface area contributed by atoms with Crippen molar-refractivity contribution in [2.24, 2.45) is 5.92 Å². The van der Waals surface area contributed by atoms with Crippen molar-refractivity contribution in [1.82, 2.24) is 4.98 Å². The Morgan fingerprint density at radius 3 is 2.60 bits per heavy atom. The third-order valence-corrected chi connectivity index (χ3v) is 5.09. The number of esters is 1. The van der Waals surface area contributed by atoms with Crippen molar-refractivity contribution in [3.63, 3.8) is 0 Å². The van der Waals surface area contributed by atoms with E-state index in [0.717, 1.165) is 22.3 Å². The number of ether oxygens (including phenoxy) is 1. The molecule has 1 aromatic heterocycles. The molecule has 1 atom stereocenters. The number of aromatic nitrogens is 1. The molecule has 128 valence electrons. The van der Waals surface area contributed by atoms with Crippen LogP contribution in [0.4, 0.5) is 0 Å². The highest BCUT2D eigenvalue weighted by molar-refractivity contribution is 7.97. The van der Waals surface area contributed by atoms with Crippen molar-refractivity contribution >= 4 is 45.5 Å². The third kappa shape index (κ3) is 4.80. The Hall–Kier alpha value is -2.38. The molecule has 0 N–H and O–H groups in total. The molecule has 0 aliphatic carbocycles. The van der Waals surface area contributed by atoms with E-state index in [2.05, 4.69) is 4.98 Å². The standard InChI is InChI=1S/C18H15NO4S2/c1-12(11-16(20)22-13-7-3-2-4-8-13)17(21)23-25-18-19-14-9-5-6-10-15(14)24-18/h2-10,12H,11H2,1H3. The molecule has 25 heavy (non-hydrogen) atoms. The maximum atomic E-state index is 12.0. The number of thiazole rings is 1. The molecule has 0 bridgehead atoms. The van der Waals surface area contributed by atoms with Crippen molar-refractivity contribution in [3.05, 3.63) is 54.6 Å². The quantitative estimate of drug-likeness (QED) is 0.361. The van der Waals surface area contributed by atoms with E-state index < -0.39 is 17.9 Å². The second kappa shape index (κ2) is 8.13. The summed E-state index contributed by atoms with van der Waals surface area (Å²) in [7, 11) is 0. The molecular formula is C18H15NO4S2. The van der Waals surface area contributed by atoms with Crippen LogP contribution in [0.2, 0.25) is 0 Å². The van der Waals surface area contributed by atoms with Crippen molar-refractivity contribution in [2.45, 2.75) is 17.7 Å². The predicted octanol–water partition coefficient (Wildman–Crippen LogP) is 4.48. The number of nitrogens with zero attached hydrogens (tertiary/aromatic N) is 1. The molecule has 2 aromatic carbocycles. The summed E-state index contributed by atoms with van der Waals surface area (Å²) in [5.74, 6) is -1.09. The lowest BCUT2D eigenvalue weighted by Gasteiger charge is -2.09. The fourth-order valence-corrected chi connectivity index (χ4v) is 3.70. The van der Waals surface area contributed by atoms with Gasteiger partial charge in [-0.25, -0.2) is 4.98 Å². The van der Waals surface area contributed by atoms with Crippen LogP contribution in [0.5, 0.6) is 5.75 Å². The van der Waals surface area contributed by atoms with Crippen LogP contribution in [0.3, 0.4) is 0 Å². The van der Waals surface area contributed by atoms with Crippen LogP contribution in [-0.4, -0.2) is 16.9 Å². The van der Waals surface area contributed by atoms with Gasteiger partial charge in [0.1, 0.15) is 17.8 Å². The summed E-state index contributed by atoms with van der Waals surface area (Å²) in [5.41, 5.74) is 0.866. The molecule has 0 radical (unpaired) electrons. The van der Waals surface area contributed by atoms with Crippen LogP contribution in [-0.2, 0) is 13.8 Å². The Morgan fingerprint density at radius 1 is 1.12 bits per heavy atom. The number of fused-ring (bicyclic) bond motifs is 1. The lowest BCUT2D eigenvalue weighted by Crippen LogP contribution is -2.19. The van der Waals surface area contributed by atoms with Crippen LogP contribution in [0.15, 0.2) is 58.9 Å². The van der Waals surface area contributed by atoms with Crippen molar-refractivity contribution in [3.8, 4) is 5.75 Å². The molecule has 3 aromatic rings. The highest BCUT2D eigenvalue weighted by atomic mass is 32.2. The summed E-state index contributed by atoms with van der Waals surface area (Å²) in [5, 5.41) is 0. The van der Waals surface area contributed by atoms with Gasteiger partial charge in [0.2, 0.25) is 0 Å².